The number of rotatable bonds is 4. The Hall–Kier alpha value is -2.20. The molecule has 1 atom stereocenters. The van der Waals surface area contributed by atoms with Crippen molar-refractivity contribution < 1.29 is 14.3 Å². The van der Waals surface area contributed by atoms with Crippen LogP contribution in [0.1, 0.15) is 24.1 Å². The lowest BCUT2D eigenvalue weighted by atomic mass is 10.1. The number of hydrogen-bond acceptors (Lipinski definition) is 3. The van der Waals surface area contributed by atoms with Crippen molar-refractivity contribution in [3.8, 4) is 11.5 Å². The van der Waals surface area contributed by atoms with Gasteiger partial charge in [0.05, 0.1) is 12.5 Å². The van der Waals surface area contributed by atoms with Crippen LogP contribution in [0.2, 0.25) is 5.02 Å². The first kappa shape index (κ1) is 14.7. The molecule has 0 saturated heterocycles. The second kappa shape index (κ2) is 6.28. The molecular formula is C17H16ClNO3. The molecule has 1 N–H and O–H groups in total. The lowest BCUT2D eigenvalue weighted by molar-refractivity contribution is -0.121. The van der Waals surface area contributed by atoms with Gasteiger partial charge in [-0.1, -0.05) is 29.8 Å². The van der Waals surface area contributed by atoms with Gasteiger partial charge >= 0.3 is 0 Å². The van der Waals surface area contributed by atoms with E-state index >= 15 is 0 Å². The number of halogens is 1. The van der Waals surface area contributed by atoms with Crippen molar-refractivity contribution in [1.82, 2.24) is 5.32 Å². The lowest BCUT2D eigenvalue weighted by Crippen LogP contribution is -2.28. The molecule has 3 rings (SSSR count). The summed E-state index contributed by atoms with van der Waals surface area (Å²) in [5.41, 5.74) is 1.91. The van der Waals surface area contributed by atoms with Gasteiger partial charge in [-0.05, 0) is 42.3 Å². The molecule has 0 aliphatic carbocycles. The normalized spacial score (nSPS) is 13.7. The van der Waals surface area contributed by atoms with E-state index in [9.17, 15) is 4.79 Å². The van der Waals surface area contributed by atoms with Crippen LogP contribution in [-0.4, -0.2) is 12.7 Å². The topological polar surface area (TPSA) is 47.6 Å². The number of fused-ring (bicyclic) bond motifs is 1. The van der Waals surface area contributed by atoms with Crippen LogP contribution in [0, 0.1) is 0 Å². The number of hydrogen-bond donors (Lipinski definition) is 1. The van der Waals surface area contributed by atoms with Crippen molar-refractivity contribution in [2.45, 2.75) is 19.4 Å². The Kier molecular flexibility index (Phi) is 4.20. The Bertz CT molecular complexity index is 685. The summed E-state index contributed by atoms with van der Waals surface area (Å²) in [6.07, 6.45) is 0.325. The summed E-state index contributed by atoms with van der Waals surface area (Å²) >= 11 is 5.84. The number of nitrogens with one attached hydrogen (secondary N) is 1. The molecule has 1 unspecified atom stereocenters. The minimum Gasteiger partial charge on any atom is -0.454 e. The molecular weight excluding hydrogens is 302 g/mol. The maximum absolute atomic E-state index is 12.1. The zero-order valence-electron chi connectivity index (χ0n) is 12.1. The molecule has 114 valence electrons. The average molecular weight is 318 g/mol. The van der Waals surface area contributed by atoms with Crippen molar-refractivity contribution in [2.75, 3.05) is 6.79 Å². The third kappa shape index (κ3) is 3.34. The zero-order valence-corrected chi connectivity index (χ0v) is 12.9. The SMILES string of the molecule is CC(NC(=O)Cc1ccc(Cl)cc1)c1ccc2c(c1)OCO2. The molecule has 0 saturated carbocycles. The van der Waals surface area contributed by atoms with E-state index in [2.05, 4.69) is 5.32 Å². The van der Waals surface area contributed by atoms with Gasteiger partial charge in [-0.25, -0.2) is 0 Å². The number of carbonyl (C=O) groups excluding carboxylic acids is 1. The van der Waals surface area contributed by atoms with Crippen LogP contribution >= 0.6 is 11.6 Å². The van der Waals surface area contributed by atoms with E-state index in [4.69, 9.17) is 21.1 Å². The summed E-state index contributed by atoms with van der Waals surface area (Å²) in [6, 6.07) is 12.9. The Morgan fingerprint density at radius 3 is 2.68 bits per heavy atom. The molecule has 4 nitrogen and oxygen atoms in total. The van der Waals surface area contributed by atoms with Crippen LogP contribution in [0.25, 0.3) is 0 Å². The zero-order chi connectivity index (χ0) is 15.5. The van der Waals surface area contributed by atoms with E-state index in [1.165, 1.54) is 0 Å². The van der Waals surface area contributed by atoms with Gasteiger partial charge < -0.3 is 14.8 Å². The standard InChI is InChI=1S/C17H16ClNO3/c1-11(13-4-7-15-16(9-13)22-10-21-15)19-17(20)8-12-2-5-14(18)6-3-12/h2-7,9,11H,8,10H2,1H3,(H,19,20). The van der Waals surface area contributed by atoms with Gasteiger partial charge in [0.1, 0.15) is 0 Å². The first-order chi connectivity index (χ1) is 10.6. The molecule has 0 aromatic heterocycles. The van der Waals surface area contributed by atoms with Crippen LogP contribution in [0.3, 0.4) is 0 Å². The molecule has 2 aromatic rings. The molecule has 1 aliphatic heterocycles. The molecule has 1 heterocycles. The summed E-state index contributed by atoms with van der Waals surface area (Å²) < 4.78 is 10.6. The summed E-state index contributed by atoms with van der Waals surface area (Å²) in [5, 5.41) is 3.65. The van der Waals surface area contributed by atoms with Gasteiger partial charge in [0, 0.05) is 5.02 Å². The highest BCUT2D eigenvalue weighted by molar-refractivity contribution is 6.30. The van der Waals surface area contributed by atoms with Crippen LogP contribution in [0.15, 0.2) is 42.5 Å². The molecule has 0 bridgehead atoms. The van der Waals surface area contributed by atoms with Crippen molar-refractivity contribution >= 4 is 17.5 Å². The number of amides is 1. The van der Waals surface area contributed by atoms with Crippen LogP contribution in [0.5, 0.6) is 11.5 Å². The van der Waals surface area contributed by atoms with Gasteiger partial charge in [0.2, 0.25) is 12.7 Å². The fourth-order valence-electron chi connectivity index (χ4n) is 2.35. The van der Waals surface area contributed by atoms with E-state index in [-0.39, 0.29) is 18.7 Å². The van der Waals surface area contributed by atoms with Gasteiger partial charge in [-0.15, -0.1) is 0 Å². The Morgan fingerprint density at radius 2 is 1.91 bits per heavy atom. The summed E-state index contributed by atoms with van der Waals surface area (Å²) in [7, 11) is 0. The number of carbonyl (C=O) groups is 1. The highest BCUT2D eigenvalue weighted by atomic mass is 35.5. The maximum Gasteiger partial charge on any atom is 0.231 e. The van der Waals surface area contributed by atoms with Gasteiger partial charge in [-0.2, -0.15) is 0 Å². The lowest BCUT2D eigenvalue weighted by Gasteiger charge is -2.15. The molecule has 2 aromatic carbocycles. The van der Waals surface area contributed by atoms with Gasteiger partial charge in [0.15, 0.2) is 11.5 Å². The summed E-state index contributed by atoms with van der Waals surface area (Å²) in [4.78, 5) is 12.1. The average Bonchev–Trinajstić information content (AvgIpc) is 2.97. The van der Waals surface area contributed by atoms with Crippen LogP contribution < -0.4 is 14.8 Å². The maximum atomic E-state index is 12.1. The van der Waals surface area contributed by atoms with E-state index in [1.807, 2.05) is 37.3 Å². The van der Waals surface area contributed by atoms with E-state index < -0.39 is 0 Å². The second-order valence-electron chi connectivity index (χ2n) is 5.21. The first-order valence-corrected chi connectivity index (χ1v) is 7.43. The molecule has 5 heteroatoms. The summed E-state index contributed by atoms with van der Waals surface area (Å²) in [6.45, 7) is 2.19. The first-order valence-electron chi connectivity index (χ1n) is 7.05. The van der Waals surface area contributed by atoms with E-state index in [0.717, 1.165) is 22.6 Å². The minimum atomic E-state index is -0.102. The Morgan fingerprint density at radius 1 is 1.18 bits per heavy atom. The van der Waals surface area contributed by atoms with Crippen molar-refractivity contribution in [3.63, 3.8) is 0 Å². The number of ether oxygens (including phenoxy) is 2. The molecule has 0 radical (unpaired) electrons. The predicted molar refractivity (Wildman–Crippen MR) is 84.3 cm³/mol. The highest BCUT2D eigenvalue weighted by Crippen LogP contribution is 2.34. The van der Waals surface area contributed by atoms with Gasteiger partial charge in [0.25, 0.3) is 0 Å². The fourth-order valence-corrected chi connectivity index (χ4v) is 2.47. The van der Waals surface area contributed by atoms with Gasteiger partial charge in [-0.3, -0.25) is 4.79 Å². The highest BCUT2D eigenvalue weighted by Gasteiger charge is 2.16. The molecule has 22 heavy (non-hydrogen) atoms. The second-order valence-corrected chi connectivity index (χ2v) is 5.64. The Labute approximate surface area is 134 Å². The number of benzene rings is 2. The summed E-state index contributed by atoms with van der Waals surface area (Å²) in [5.74, 6) is 1.42. The largest absolute Gasteiger partial charge is 0.454 e. The molecule has 1 aliphatic rings. The third-order valence-electron chi connectivity index (χ3n) is 3.55. The van der Waals surface area contributed by atoms with Crippen LogP contribution in [-0.2, 0) is 11.2 Å². The monoisotopic (exact) mass is 317 g/mol. The minimum absolute atomic E-state index is 0.0347. The smallest absolute Gasteiger partial charge is 0.231 e. The molecule has 0 spiro atoms. The Balaban J connectivity index is 1.62. The fraction of sp³-hybridized carbons (Fsp3) is 0.235. The van der Waals surface area contributed by atoms with Crippen molar-refractivity contribution in [1.29, 1.82) is 0 Å². The van der Waals surface area contributed by atoms with Crippen LogP contribution in [0.4, 0.5) is 0 Å². The quantitative estimate of drug-likeness (QED) is 0.939. The molecule has 0 fully saturated rings. The van der Waals surface area contributed by atoms with Crippen molar-refractivity contribution in [2.24, 2.45) is 0 Å². The molecule has 1 amide bonds. The van der Waals surface area contributed by atoms with E-state index in [0.29, 0.717) is 11.4 Å². The van der Waals surface area contributed by atoms with E-state index in [1.54, 1.807) is 12.1 Å². The van der Waals surface area contributed by atoms with Crippen molar-refractivity contribution in [3.05, 3.63) is 58.6 Å². The third-order valence-corrected chi connectivity index (χ3v) is 3.80. The predicted octanol–water partition coefficient (Wildman–Crippen LogP) is 3.49.